The molecule has 0 radical (unpaired) electrons. The third kappa shape index (κ3) is 2.49. The quantitative estimate of drug-likeness (QED) is 0.668. The van der Waals surface area contributed by atoms with Crippen molar-refractivity contribution in [2.75, 3.05) is 13.1 Å². The summed E-state index contributed by atoms with van der Waals surface area (Å²) in [5, 5.41) is 20.7. The van der Waals surface area contributed by atoms with E-state index >= 15 is 0 Å². The van der Waals surface area contributed by atoms with Gasteiger partial charge in [-0.15, -0.1) is 0 Å². The van der Waals surface area contributed by atoms with Crippen molar-refractivity contribution in [3.05, 3.63) is 46.1 Å². The van der Waals surface area contributed by atoms with Gasteiger partial charge in [0.25, 0.3) is 11.6 Å². The van der Waals surface area contributed by atoms with E-state index in [1.807, 2.05) is 0 Å². The molecule has 134 valence electrons. The first-order valence-electron chi connectivity index (χ1n) is 8.47. The Balaban J connectivity index is 1.59. The number of likely N-dealkylation sites (tertiary alicyclic amines) is 1. The van der Waals surface area contributed by atoms with Gasteiger partial charge >= 0.3 is 5.97 Å². The molecule has 1 aliphatic carbocycles. The fraction of sp³-hybridized carbons (Fsp3) is 0.389. The van der Waals surface area contributed by atoms with Crippen molar-refractivity contribution >= 4 is 28.5 Å². The summed E-state index contributed by atoms with van der Waals surface area (Å²) in [7, 11) is 0. The molecule has 1 atom stereocenters. The number of carboxylic acids is 1. The number of amides is 1. The minimum atomic E-state index is -0.754. The van der Waals surface area contributed by atoms with E-state index in [1.165, 1.54) is 18.3 Å². The van der Waals surface area contributed by atoms with Gasteiger partial charge in [0.1, 0.15) is 0 Å². The van der Waals surface area contributed by atoms with E-state index in [0.717, 1.165) is 0 Å². The Morgan fingerprint density at radius 3 is 2.62 bits per heavy atom. The molecule has 2 aromatic rings. The minimum Gasteiger partial charge on any atom is -0.481 e. The van der Waals surface area contributed by atoms with Crippen molar-refractivity contribution in [2.45, 2.75) is 19.3 Å². The average molecular weight is 355 g/mol. The van der Waals surface area contributed by atoms with Crippen LogP contribution in [0.15, 0.2) is 30.5 Å². The predicted molar refractivity (Wildman–Crippen MR) is 91.7 cm³/mol. The number of non-ortho nitro benzene ring substituents is 1. The van der Waals surface area contributed by atoms with Crippen LogP contribution in [0.25, 0.3) is 10.9 Å². The van der Waals surface area contributed by atoms with Crippen LogP contribution < -0.4 is 0 Å². The second kappa shape index (κ2) is 5.76. The molecule has 1 unspecified atom stereocenters. The number of fused-ring (bicyclic) bond motifs is 1. The first-order chi connectivity index (χ1) is 12.4. The van der Waals surface area contributed by atoms with Crippen LogP contribution in [0, 0.1) is 21.4 Å². The SMILES string of the molecule is O=C(O)C1CC12CCN(C(=O)c1ccc([N+](=O)[O-])c3cccnc13)CC2. The first kappa shape index (κ1) is 16.4. The van der Waals surface area contributed by atoms with Gasteiger partial charge in [-0.3, -0.25) is 24.7 Å². The lowest BCUT2D eigenvalue weighted by Crippen LogP contribution is -2.40. The molecule has 0 bridgehead atoms. The molecule has 1 saturated heterocycles. The van der Waals surface area contributed by atoms with Gasteiger partial charge in [-0.2, -0.15) is 0 Å². The summed E-state index contributed by atoms with van der Waals surface area (Å²) in [5.41, 5.74) is 0.428. The average Bonchev–Trinajstić information content (AvgIpc) is 3.34. The molecule has 1 aromatic heterocycles. The number of nitro groups is 1. The molecule has 1 aliphatic heterocycles. The monoisotopic (exact) mass is 355 g/mol. The van der Waals surface area contributed by atoms with Crippen LogP contribution in [0.1, 0.15) is 29.6 Å². The number of carbonyl (C=O) groups excluding carboxylic acids is 1. The Kier molecular flexibility index (Phi) is 3.64. The highest BCUT2D eigenvalue weighted by atomic mass is 16.6. The molecule has 1 aromatic carbocycles. The van der Waals surface area contributed by atoms with Crippen LogP contribution in [0.5, 0.6) is 0 Å². The Labute approximate surface area is 148 Å². The molecule has 8 nitrogen and oxygen atoms in total. The molecule has 2 fully saturated rings. The van der Waals surface area contributed by atoms with Gasteiger partial charge in [0.05, 0.1) is 27.3 Å². The Morgan fingerprint density at radius 2 is 2.00 bits per heavy atom. The molecule has 1 amide bonds. The highest BCUT2D eigenvalue weighted by molar-refractivity contribution is 6.07. The fourth-order valence-corrected chi connectivity index (χ4v) is 4.06. The van der Waals surface area contributed by atoms with Crippen LogP contribution in [0.2, 0.25) is 0 Å². The van der Waals surface area contributed by atoms with Crippen LogP contribution in [0.4, 0.5) is 5.69 Å². The lowest BCUT2D eigenvalue weighted by molar-refractivity contribution is -0.383. The molecular formula is C18H17N3O5. The Morgan fingerprint density at radius 1 is 1.27 bits per heavy atom. The lowest BCUT2D eigenvalue weighted by Gasteiger charge is -2.32. The van der Waals surface area contributed by atoms with E-state index in [9.17, 15) is 19.7 Å². The highest BCUT2D eigenvalue weighted by Gasteiger charge is 2.59. The normalized spacial score (nSPS) is 20.9. The summed E-state index contributed by atoms with van der Waals surface area (Å²) < 4.78 is 0. The van der Waals surface area contributed by atoms with E-state index in [4.69, 9.17) is 5.11 Å². The van der Waals surface area contributed by atoms with Gasteiger partial charge in [0.2, 0.25) is 0 Å². The van der Waals surface area contributed by atoms with E-state index in [2.05, 4.69) is 4.98 Å². The minimum absolute atomic E-state index is 0.0791. The van der Waals surface area contributed by atoms with Gasteiger partial charge in [0, 0.05) is 25.4 Å². The zero-order valence-corrected chi connectivity index (χ0v) is 13.9. The van der Waals surface area contributed by atoms with E-state index < -0.39 is 10.9 Å². The zero-order chi connectivity index (χ0) is 18.5. The molecule has 8 heteroatoms. The Hall–Kier alpha value is -3.03. The van der Waals surface area contributed by atoms with Crippen molar-refractivity contribution < 1.29 is 19.6 Å². The lowest BCUT2D eigenvalue weighted by atomic mass is 9.90. The number of rotatable bonds is 3. The third-order valence-corrected chi connectivity index (χ3v) is 5.71. The number of nitrogens with zero attached hydrogens (tertiary/aromatic N) is 3. The number of hydrogen-bond donors (Lipinski definition) is 1. The van der Waals surface area contributed by atoms with Crippen molar-refractivity contribution in [3.63, 3.8) is 0 Å². The maximum atomic E-state index is 12.9. The predicted octanol–water partition coefficient (Wildman–Crippen LogP) is 2.47. The number of carboxylic acid groups (broad SMARTS) is 1. The van der Waals surface area contributed by atoms with Crippen LogP contribution in [-0.4, -0.2) is 44.9 Å². The molecule has 1 N–H and O–H groups in total. The largest absolute Gasteiger partial charge is 0.481 e. The number of benzene rings is 1. The number of nitro benzene ring substituents is 1. The molecular weight excluding hydrogens is 338 g/mol. The summed E-state index contributed by atoms with van der Waals surface area (Å²) in [5.74, 6) is -1.26. The molecule has 2 heterocycles. The molecule has 4 rings (SSSR count). The number of pyridine rings is 1. The summed E-state index contributed by atoms with van der Waals surface area (Å²) in [6.45, 7) is 0.988. The summed E-state index contributed by atoms with van der Waals surface area (Å²) in [4.78, 5) is 40.7. The summed E-state index contributed by atoms with van der Waals surface area (Å²) in [6, 6.07) is 5.98. The van der Waals surface area contributed by atoms with Gasteiger partial charge in [-0.1, -0.05) is 0 Å². The van der Waals surface area contributed by atoms with Gasteiger partial charge in [-0.05, 0) is 42.9 Å². The van der Waals surface area contributed by atoms with E-state index in [1.54, 1.807) is 17.0 Å². The number of piperidine rings is 1. The number of carbonyl (C=O) groups is 2. The maximum absolute atomic E-state index is 12.9. The number of aromatic nitrogens is 1. The molecule has 26 heavy (non-hydrogen) atoms. The van der Waals surface area contributed by atoms with Crippen molar-refractivity contribution in [1.29, 1.82) is 0 Å². The molecule has 1 spiro atoms. The second-order valence-corrected chi connectivity index (χ2v) is 7.04. The standard InChI is InChI=1S/C18H17N3O5/c22-16(20-8-5-18(6-9-20)10-13(18)17(23)24)12-3-4-14(21(25)26)11-2-1-7-19-15(11)12/h1-4,7,13H,5-6,8-10H2,(H,23,24). The number of aliphatic carboxylic acids is 1. The van der Waals surface area contributed by atoms with Gasteiger partial charge in [0.15, 0.2) is 0 Å². The zero-order valence-electron chi connectivity index (χ0n) is 13.9. The van der Waals surface area contributed by atoms with Crippen LogP contribution in [0.3, 0.4) is 0 Å². The van der Waals surface area contributed by atoms with Gasteiger partial charge in [-0.25, -0.2) is 0 Å². The summed E-state index contributed by atoms with van der Waals surface area (Å²) >= 11 is 0. The first-order valence-corrected chi connectivity index (χ1v) is 8.47. The van der Waals surface area contributed by atoms with Crippen molar-refractivity contribution in [2.24, 2.45) is 11.3 Å². The third-order valence-electron chi connectivity index (χ3n) is 5.71. The van der Waals surface area contributed by atoms with Crippen molar-refractivity contribution in [3.8, 4) is 0 Å². The smallest absolute Gasteiger partial charge is 0.307 e. The Bertz CT molecular complexity index is 934. The fourth-order valence-electron chi connectivity index (χ4n) is 4.06. The van der Waals surface area contributed by atoms with Crippen molar-refractivity contribution in [1.82, 2.24) is 9.88 Å². The van der Waals surface area contributed by atoms with E-state index in [0.29, 0.717) is 48.8 Å². The maximum Gasteiger partial charge on any atom is 0.307 e. The summed E-state index contributed by atoms with van der Waals surface area (Å²) in [6.07, 6.45) is 3.55. The molecule has 2 aliphatic rings. The van der Waals surface area contributed by atoms with Crippen LogP contribution in [-0.2, 0) is 4.79 Å². The highest BCUT2D eigenvalue weighted by Crippen LogP contribution is 2.59. The number of hydrogen-bond acceptors (Lipinski definition) is 5. The van der Waals surface area contributed by atoms with E-state index in [-0.39, 0.29) is 22.9 Å². The second-order valence-electron chi connectivity index (χ2n) is 7.04. The molecule has 1 saturated carbocycles. The van der Waals surface area contributed by atoms with Crippen LogP contribution >= 0.6 is 0 Å². The topological polar surface area (TPSA) is 114 Å². The van der Waals surface area contributed by atoms with Gasteiger partial charge < -0.3 is 10.0 Å².